The Balaban J connectivity index is 1.36. The number of hydrogen-bond acceptors (Lipinski definition) is 5. The molecule has 5 aromatic rings. The standard InChI is InChI=1S/C31H23Cl2N3O3/c1-38-23-12-7-20(8-13-23)27-18-34-29(36-30(27)26-16-11-22(32)17-28(26)33)19-35-31(37)21-9-14-25(15-10-21)39-24-5-3-2-4-6-24/h2-18H,19H2,1H3,(H,35,37). The van der Waals surface area contributed by atoms with Crippen LogP contribution in [0.2, 0.25) is 10.0 Å². The second-order valence-corrected chi connectivity index (χ2v) is 9.37. The predicted molar refractivity (Wildman–Crippen MR) is 154 cm³/mol. The first-order chi connectivity index (χ1) is 19.0. The van der Waals surface area contributed by atoms with Crippen LogP contribution in [0.4, 0.5) is 0 Å². The minimum absolute atomic E-state index is 0.127. The van der Waals surface area contributed by atoms with Crippen molar-refractivity contribution >= 4 is 29.1 Å². The average Bonchev–Trinajstić information content (AvgIpc) is 2.97. The number of rotatable bonds is 8. The Morgan fingerprint density at radius 2 is 1.51 bits per heavy atom. The third-order valence-corrected chi connectivity index (χ3v) is 6.48. The number of nitrogens with one attached hydrogen (secondary N) is 1. The molecule has 0 saturated carbocycles. The van der Waals surface area contributed by atoms with Crippen LogP contribution < -0.4 is 14.8 Å². The van der Waals surface area contributed by atoms with Gasteiger partial charge < -0.3 is 14.8 Å². The monoisotopic (exact) mass is 555 g/mol. The number of amides is 1. The number of hydrogen-bond donors (Lipinski definition) is 1. The summed E-state index contributed by atoms with van der Waals surface area (Å²) in [4.78, 5) is 22.1. The van der Waals surface area contributed by atoms with Crippen LogP contribution in [0.3, 0.4) is 0 Å². The average molecular weight is 556 g/mol. The molecule has 39 heavy (non-hydrogen) atoms. The van der Waals surface area contributed by atoms with Gasteiger partial charge in [0.05, 0.1) is 24.4 Å². The quantitative estimate of drug-likeness (QED) is 0.211. The lowest BCUT2D eigenvalue weighted by Crippen LogP contribution is -2.24. The zero-order valence-corrected chi connectivity index (χ0v) is 22.4. The second kappa shape index (κ2) is 12.0. The summed E-state index contributed by atoms with van der Waals surface area (Å²) in [6, 6.07) is 29.2. The van der Waals surface area contributed by atoms with Crippen LogP contribution in [0.25, 0.3) is 22.4 Å². The van der Waals surface area contributed by atoms with Gasteiger partial charge in [-0.15, -0.1) is 0 Å². The van der Waals surface area contributed by atoms with E-state index in [0.29, 0.717) is 38.4 Å². The maximum absolute atomic E-state index is 12.8. The van der Waals surface area contributed by atoms with Gasteiger partial charge >= 0.3 is 0 Å². The molecular formula is C31H23Cl2N3O3. The topological polar surface area (TPSA) is 73.3 Å². The summed E-state index contributed by atoms with van der Waals surface area (Å²) in [6.45, 7) is 0.127. The van der Waals surface area contributed by atoms with Gasteiger partial charge in [0.15, 0.2) is 0 Å². The summed E-state index contributed by atoms with van der Waals surface area (Å²) in [6.07, 6.45) is 1.73. The Morgan fingerprint density at radius 1 is 0.821 bits per heavy atom. The highest BCUT2D eigenvalue weighted by Gasteiger charge is 2.16. The first kappa shape index (κ1) is 26.2. The molecule has 0 bridgehead atoms. The van der Waals surface area contributed by atoms with E-state index < -0.39 is 0 Å². The summed E-state index contributed by atoms with van der Waals surface area (Å²) < 4.78 is 11.1. The molecule has 5 rings (SSSR count). The lowest BCUT2D eigenvalue weighted by atomic mass is 10.0. The highest BCUT2D eigenvalue weighted by Crippen LogP contribution is 2.36. The van der Waals surface area contributed by atoms with Gasteiger partial charge in [0.1, 0.15) is 23.1 Å². The normalized spacial score (nSPS) is 10.6. The van der Waals surface area contributed by atoms with E-state index in [1.165, 1.54) is 0 Å². The van der Waals surface area contributed by atoms with E-state index in [1.54, 1.807) is 49.7 Å². The zero-order chi connectivity index (χ0) is 27.2. The summed E-state index contributed by atoms with van der Waals surface area (Å²) >= 11 is 12.7. The first-order valence-electron chi connectivity index (χ1n) is 12.1. The molecule has 1 heterocycles. The molecule has 0 aliphatic rings. The molecule has 0 fully saturated rings. The van der Waals surface area contributed by atoms with E-state index in [-0.39, 0.29) is 12.5 Å². The van der Waals surface area contributed by atoms with Crippen LogP contribution in [-0.2, 0) is 6.54 Å². The van der Waals surface area contributed by atoms with Crippen molar-refractivity contribution < 1.29 is 14.3 Å². The molecule has 0 atom stereocenters. The van der Waals surface area contributed by atoms with E-state index in [9.17, 15) is 4.79 Å². The van der Waals surface area contributed by atoms with Crippen LogP contribution in [0, 0.1) is 0 Å². The minimum Gasteiger partial charge on any atom is -0.497 e. The van der Waals surface area contributed by atoms with Crippen molar-refractivity contribution in [3.8, 4) is 39.6 Å². The Hall–Kier alpha value is -4.39. The molecule has 0 saturated heterocycles. The molecule has 1 aromatic heterocycles. The molecule has 4 aromatic carbocycles. The van der Waals surface area contributed by atoms with Crippen molar-refractivity contribution in [2.75, 3.05) is 7.11 Å². The van der Waals surface area contributed by atoms with Gasteiger partial charge in [-0.05, 0) is 72.3 Å². The second-order valence-electron chi connectivity index (χ2n) is 8.52. The SMILES string of the molecule is COc1ccc(-c2cnc(CNC(=O)c3ccc(Oc4ccccc4)cc3)nc2-c2ccc(Cl)cc2Cl)cc1. The maximum Gasteiger partial charge on any atom is 0.251 e. The van der Waals surface area contributed by atoms with Crippen LogP contribution in [0.1, 0.15) is 16.2 Å². The predicted octanol–water partition coefficient (Wildman–Crippen LogP) is 7.85. The Labute approximate surface area is 236 Å². The lowest BCUT2D eigenvalue weighted by Gasteiger charge is -2.13. The molecule has 1 amide bonds. The smallest absolute Gasteiger partial charge is 0.251 e. The number of methoxy groups -OCH3 is 1. The molecule has 194 valence electrons. The van der Waals surface area contributed by atoms with E-state index in [1.807, 2.05) is 60.7 Å². The third kappa shape index (κ3) is 6.37. The van der Waals surface area contributed by atoms with E-state index in [0.717, 1.165) is 22.6 Å². The molecule has 8 heteroatoms. The number of ether oxygens (including phenoxy) is 2. The third-order valence-electron chi connectivity index (χ3n) is 5.93. The van der Waals surface area contributed by atoms with Crippen molar-refractivity contribution in [2.24, 2.45) is 0 Å². The van der Waals surface area contributed by atoms with Crippen molar-refractivity contribution in [1.82, 2.24) is 15.3 Å². The summed E-state index contributed by atoms with van der Waals surface area (Å²) in [7, 11) is 1.62. The number of carbonyl (C=O) groups excluding carboxylic acids is 1. The van der Waals surface area contributed by atoms with Gasteiger partial charge in [-0.2, -0.15) is 0 Å². The van der Waals surface area contributed by atoms with Crippen LogP contribution >= 0.6 is 23.2 Å². The summed E-state index contributed by atoms with van der Waals surface area (Å²) in [5.41, 5.74) is 3.50. The number of benzene rings is 4. The highest BCUT2D eigenvalue weighted by atomic mass is 35.5. The van der Waals surface area contributed by atoms with Gasteiger partial charge in [0, 0.05) is 27.9 Å². The number of para-hydroxylation sites is 1. The zero-order valence-electron chi connectivity index (χ0n) is 20.9. The van der Waals surface area contributed by atoms with Gasteiger partial charge in [0.25, 0.3) is 5.91 Å². The van der Waals surface area contributed by atoms with Gasteiger partial charge in [-0.3, -0.25) is 4.79 Å². The van der Waals surface area contributed by atoms with Gasteiger partial charge in [-0.25, -0.2) is 9.97 Å². The molecule has 0 spiro atoms. The van der Waals surface area contributed by atoms with Crippen molar-refractivity contribution in [3.63, 3.8) is 0 Å². The lowest BCUT2D eigenvalue weighted by molar-refractivity contribution is 0.0950. The van der Waals surface area contributed by atoms with Crippen molar-refractivity contribution in [3.05, 3.63) is 125 Å². The summed E-state index contributed by atoms with van der Waals surface area (Å²) in [5, 5.41) is 3.87. The fourth-order valence-electron chi connectivity index (χ4n) is 3.93. The Morgan fingerprint density at radius 3 is 2.21 bits per heavy atom. The number of nitrogens with zero attached hydrogens (tertiary/aromatic N) is 2. The molecular weight excluding hydrogens is 533 g/mol. The van der Waals surface area contributed by atoms with E-state index >= 15 is 0 Å². The van der Waals surface area contributed by atoms with E-state index in [2.05, 4.69) is 10.3 Å². The van der Waals surface area contributed by atoms with Crippen LogP contribution in [0.5, 0.6) is 17.2 Å². The molecule has 6 nitrogen and oxygen atoms in total. The van der Waals surface area contributed by atoms with Crippen LogP contribution in [-0.4, -0.2) is 23.0 Å². The molecule has 0 radical (unpaired) electrons. The van der Waals surface area contributed by atoms with Gasteiger partial charge in [-0.1, -0.05) is 53.5 Å². The van der Waals surface area contributed by atoms with Crippen molar-refractivity contribution in [1.29, 1.82) is 0 Å². The van der Waals surface area contributed by atoms with Crippen molar-refractivity contribution in [2.45, 2.75) is 6.54 Å². The largest absolute Gasteiger partial charge is 0.497 e. The van der Waals surface area contributed by atoms with E-state index in [4.69, 9.17) is 37.7 Å². The minimum atomic E-state index is -0.254. The Bertz CT molecular complexity index is 1590. The molecule has 1 N–H and O–H groups in total. The fourth-order valence-corrected chi connectivity index (χ4v) is 4.43. The maximum atomic E-state index is 12.8. The molecule has 0 aliphatic heterocycles. The van der Waals surface area contributed by atoms with Crippen LogP contribution in [0.15, 0.2) is 103 Å². The number of aromatic nitrogens is 2. The molecule has 0 unspecified atom stereocenters. The number of halogens is 2. The fraction of sp³-hybridized carbons (Fsp3) is 0.0645. The molecule has 0 aliphatic carbocycles. The first-order valence-corrected chi connectivity index (χ1v) is 12.8. The Kier molecular flexibility index (Phi) is 8.06. The van der Waals surface area contributed by atoms with Gasteiger partial charge in [0.2, 0.25) is 0 Å². The number of carbonyl (C=O) groups is 1. The highest BCUT2D eigenvalue weighted by molar-refractivity contribution is 6.36. The summed E-state index contributed by atoms with van der Waals surface area (Å²) in [5.74, 6) is 2.28.